The quantitative estimate of drug-likeness (QED) is 0.819. The summed E-state index contributed by atoms with van der Waals surface area (Å²) in [6, 6.07) is 5.17. The largest absolute Gasteiger partial charge is 0.333 e. The van der Waals surface area contributed by atoms with Gasteiger partial charge in [-0.15, -0.1) is 0 Å². The Bertz CT molecular complexity index is 408. The molecule has 5 heteroatoms. The first-order valence-corrected chi connectivity index (χ1v) is 5.95. The Morgan fingerprint density at radius 2 is 2.40 bits per heavy atom. The van der Waals surface area contributed by atoms with Crippen LogP contribution in [0.15, 0.2) is 23.2 Å². The molecule has 0 saturated heterocycles. The van der Waals surface area contributed by atoms with E-state index in [0.717, 1.165) is 10.9 Å². The Kier molecular flexibility index (Phi) is 3.17. The van der Waals surface area contributed by atoms with Gasteiger partial charge in [0.1, 0.15) is 0 Å². The molecule has 1 N–H and O–H groups in total. The van der Waals surface area contributed by atoms with E-state index >= 15 is 0 Å². The second-order valence-electron chi connectivity index (χ2n) is 3.32. The molecule has 0 saturated carbocycles. The highest BCUT2D eigenvalue weighted by Crippen LogP contribution is 2.25. The van der Waals surface area contributed by atoms with E-state index in [4.69, 9.17) is 11.6 Å². The minimum Gasteiger partial charge on any atom is -0.333 e. The molecule has 0 amide bonds. The zero-order chi connectivity index (χ0) is 10.8. The van der Waals surface area contributed by atoms with Crippen LogP contribution in [0.2, 0.25) is 5.02 Å². The molecule has 1 aliphatic rings. The van der Waals surface area contributed by atoms with Gasteiger partial charge < -0.3 is 5.32 Å². The predicted octanol–water partition coefficient (Wildman–Crippen LogP) is 3.38. The summed E-state index contributed by atoms with van der Waals surface area (Å²) in [5.41, 5.74) is 0.378. The highest BCUT2D eigenvalue weighted by molar-refractivity contribution is 8.14. The van der Waals surface area contributed by atoms with E-state index in [9.17, 15) is 4.39 Å². The van der Waals surface area contributed by atoms with Gasteiger partial charge in [-0.1, -0.05) is 29.4 Å². The van der Waals surface area contributed by atoms with E-state index in [-0.39, 0.29) is 5.02 Å². The third-order valence-electron chi connectivity index (χ3n) is 1.99. The molecule has 1 unspecified atom stereocenters. The van der Waals surface area contributed by atoms with Gasteiger partial charge in [0.05, 0.1) is 16.8 Å². The summed E-state index contributed by atoms with van der Waals surface area (Å²) < 4.78 is 13.5. The molecule has 2 nitrogen and oxygen atoms in total. The number of halogens is 2. The number of nitrogens with one attached hydrogen (secondary N) is 1. The highest BCUT2D eigenvalue weighted by Gasteiger charge is 2.15. The van der Waals surface area contributed by atoms with Gasteiger partial charge in [-0.05, 0) is 19.1 Å². The van der Waals surface area contributed by atoms with Crippen LogP contribution >= 0.6 is 23.4 Å². The number of rotatable bonds is 1. The molecule has 1 atom stereocenters. The molecule has 2 rings (SSSR count). The number of nitrogens with zero attached hydrogens (tertiary/aromatic N) is 1. The topological polar surface area (TPSA) is 24.4 Å². The molecule has 1 aromatic rings. The third kappa shape index (κ3) is 2.44. The Morgan fingerprint density at radius 3 is 3.07 bits per heavy atom. The lowest BCUT2D eigenvalue weighted by Crippen LogP contribution is -2.06. The molecule has 0 aromatic heterocycles. The van der Waals surface area contributed by atoms with Crippen molar-refractivity contribution in [3.05, 3.63) is 29.0 Å². The second kappa shape index (κ2) is 4.41. The van der Waals surface area contributed by atoms with E-state index in [1.165, 1.54) is 6.07 Å². The summed E-state index contributed by atoms with van der Waals surface area (Å²) >= 11 is 7.26. The first-order chi connectivity index (χ1) is 7.16. The lowest BCUT2D eigenvalue weighted by Gasteiger charge is -2.06. The van der Waals surface area contributed by atoms with Gasteiger partial charge in [0, 0.05) is 5.75 Å². The van der Waals surface area contributed by atoms with E-state index in [1.807, 2.05) is 6.92 Å². The summed E-state index contributed by atoms with van der Waals surface area (Å²) in [4.78, 5) is 4.31. The van der Waals surface area contributed by atoms with Crippen molar-refractivity contribution in [2.45, 2.75) is 13.0 Å². The lowest BCUT2D eigenvalue weighted by atomic mass is 10.3. The molecular weight excluding hydrogens is 235 g/mol. The fourth-order valence-electron chi connectivity index (χ4n) is 1.26. The van der Waals surface area contributed by atoms with Crippen LogP contribution < -0.4 is 5.32 Å². The molecule has 0 spiro atoms. The van der Waals surface area contributed by atoms with Crippen LogP contribution in [0.5, 0.6) is 0 Å². The summed E-state index contributed by atoms with van der Waals surface area (Å²) in [6.07, 6.45) is 0. The third-order valence-corrected chi connectivity index (χ3v) is 3.41. The predicted molar refractivity (Wildman–Crippen MR) is 64.4 cm³/mol. The zero-order valence-corrected chi connectivity index (χ0v) is 9.70. The smallest absolute Gasteiger partial charge is 0.165 e. The minimum atomic E-state index is -0.429. The van der Waals surface area contributed by atoms with Gasteiger partial charge >= 0.3 is 0 Å². The molecule has 0 bridgehead atoms. The van der Waals surface area contributed by atoms with Crippen molar-refractivity contribution in [2.75, 3.05) is 11.1 Å². The van der Waals surface area contributed by atoms with Gasteiger partial charge in [0.25, 0.3) is 0 Å². The molecule has 0 aliphatic carbocycles. The van der Waals surface area contributed by atoms with Crippen molar-refractivity contribution < 1.29 is 4.39 Å². The van der Waals surface area contributed by atoms with Crippen LogP contribution in [0, 0.1) is 5.82 Å². The Hall–Kier alpha value is -0.740. The molecule has 0 radical (unpaired) electrons. The fourth-order valence-corrected chi connectivity index (χ4v) is 2.34. The first kappa shape index (κ1) is 10.8. The van der Waals surface area contributed by atoms with Crippen molar-refractivity contribution in [3.63, 3.8) is 0 Å². The maximum atomic E-state index is 13.5. The normalized spacial score (nSPS) is 20.2. The van der Waals surface area contributed by atoms with Gasteiger partial charge in [-0.3, -0.25) is 4.99 Å². The number of hydrogen-bond acceptors (Lipinski definition) is 3. The SMILES string of the molecule is CC1CSC(Nc2cccc(Cl)c2F)=N1. The first-order valence-electron chi connectivity index (χ1n) is 4.58. The van der Waals surface area contributed by atoms with E-state index in [1.54, 1.807) is 23.9 Å². The van der Waals surface area contributed by atoms with Crippen LogP contribution in [0.3, 0.4) is 0 Å². The molecule has 80 valence electrons. The summed E-state index contributed by atoms with van der Waals surface area (Å²) in [5, 5.41) is 3.81. The molecule has 0 fully saturated rings. The van der Waals surface area contributed by atoms with Crippen molar-refractivity contribution in [3.8, 4) is 0 Å². The number of benzene rings is 1. The van der Waals surface area contributed by atoms with Crippen molar-refractivity contribution in [1.82, 2.24) is 0 Å². The summed E-state index contributed by atoms with van der Waals surface area (Å²) in [7, 11) is 0. The number of aliphatic imine (C=N–C) groups is 1. The van der Waals surface area contributed by atoms with Crippen LogP contribution in [0.1, 0.15) is 6.92 Å². The standard InChI is InChI=1S/C10H10ClFN2S/c1-6-5-15-10(13-6)14-8-4-2-3-7(11)9(8)12/h2-4,6H,5H2,1H3,(H,13,14). The van der Waals surface area contributed by atoms with Crippen LogP contribution in [0.4, 0.5) is 10.1 Å². The van der Waals surface area contributed by atoms with Crippen LogP contribution in [-0.4, -0.2) is 17.0 Å². The van der Waals surface area contributed by atoms with Gasteiger partial charge in [0.15, 0.2) is 11.0 Å². The van der Waals surface area contributed by atoms with Crippen LogP contribution in [-0.2, 0) is 0 Å². The maximum Gasteiger partial charge on any atom is 0.165 e. The van der Waals surface area contributed by atoms with Crippen molar-refractivity contribution in [2.24, 2.45) is 4.99 Å². The van der Waals surface area contributed by atoms with Gasteiger partial charge in [-0.25, -0.2) is 4.39 Å². The van der Waals surface area contributed by atoms with E-state index < -0.39 is 5.82 Å². The molecular formula is C10H10ClFN2S. The number of anilines is 1. The maximum absolute atomic E-state index is 13.5. The average Bonchev–Trinajstić information content (AvgIpc) is 2.59. The minimum absolute atomic E-state index is 0.122. The Morgan fingerprint density at radius 1 is 1.60 bits per heavy atom. The lowest BCUT2D eigenvalue weighted by molar-refractivity contribution is 0.632. The summed E-state index contributed by atoms with van der Waals surface area (Å²) in [5.74, 6) is 0.506. The zero-order valence-electron chi connectivity index (χ0n) is 8.13. The Labute approximate surface area is 96.9 Å². The van der Waals surface area contributed by atoms with Gasteiger partial charge in [-0.2, -0.15) is 0 Å². The van der Waals surface area contributed by atoms with Crippen LogP contribution in [0.25, 0.3) is 0 Å². The number of amidine groups is 1. The number of hydrogen-bond donors (Lipinski definition) is 1. The van der Waals surface area contributed by atoms with Crippen molar-refractivity contribution >= 4 is 34.2 Å². The summed E-state index contributed by atoms with van der Waals surface area (Å²) in [6.45, 7) is 2.02. The molecule has 1 aromatic carbocycles. The second-order valence-corrected chi connectivity index (χ2v) is 4.74. The molecule has 15 heavy (non-hydrogen) atoms. The average molecular weight is 245 g/mol. The number of thioether (sulfide) groups is 1. The van der Waals surface area contributed by atoms with Crippen molar-refractivity contribution in [1.29, 1.82) is 0 Å². The van der Waals surface area contributed by atoms with E-state index in [2.05, 4.69) is 10.3 Å². The highest BCUT2D eigenvalue weighted by atomic mass is 35.5. The van der Waals surface area contributed by atoms with E-state index in [0.29, 0.717) is 11.7 Å². The van der Waals surface area contributed by atoms with Gasteiger partial charge in [0.2, 0.25) is 0 Å². The molecule has 1 aliphatic heterocycles. The Balaban J connectivity index is 2.18. The fraction of sp³-hybridized carbons (Fsp3) is 0.300. The molecule has 1 heterocycles. The monoisotopic (exact) mass is 244 g/mol.